The van der Waals surface area contributed by atoms with E-state index in [2.05, 4.69) is 22.5 Å². The molecule has 1 amide bonds. The van der Waals surface area contributed by atoms with Crippen LogP contribution in [-0.2, 0) is 0 Å². The molecule has 1 aromatic heterocycles. The maximum absolute atomic E-state index is 11.7. The summed E-state index contributed by atoms with van der Waals surface area (Å²) in [6, 6.07) is 3.43. The number of rotatable bonds is 3. The molecule has 1 aliphatic carbocycles. The third kappa shape index (κ3) is 2.79. The Balaban J connectivity index is 1.89. The fourth-order valence-corrected chi connectivity index (χ4v) is 1.60. The van der Waals surface area contributed by atoms with Crippen molar-refractivity contribution in [3.63, 3.8) is 0 Å². The highest BCUT2D eigenvalue weighted by atomic mass is 16.1. The lowest BCUT2D eigenvalue weighted by Crippen LogP contribution is -2.25. The first-order valence-electron chi connectivity index (χ1n) is 5.39. The zero-order chi connectivity index (χ0) is 11.2. The van der Waals surface area contributed by atoms with E-state index in [4.69, 9.17) is 0 Å². The summed E-state index contributed by atoms with van der Waals surface area (Å²) in [6.07, 6.45) is 11.6. The van der Waals surface area contributed by atoms with Crippen LogP contribution in [0.5, 0.6) is 0 Å². The van der Waals surface area contributed by atoms with Gasteiger partial charge in [0.15, 0.2) is 0 Å². The van der Waals surface area contributed by atoms with Crippen LogP contribution in [0, 0.1) is 0 Å². The molecule has 0 aliphatic heterocycles. The molecule has 0 spiro atoms. The summed E-state index contributed by atoms with van der Waals surface area (Å²) < 4.78 is 0. The lowest BCUT2D eigenvalue weighted by atomic mass is 10.1. The topological polar surface area (TPSA) is 42.0 Å². The van der Waals surface area contributed by atoms with E-state index in [0.29, 0.717) is 12.1 Å². The van der Waals surface area contributed by atoms with Crippen LogP contribution in [0.15, 0.2) is 48.3 Å². The number of amides is 1. The van der Waals surface area contributed by atoms with Gasteiger partial charge in [0, 0.05) is 24.5 Å². The van der Waals surface area contributed by atoms with E-state index in [-0.39, 0.29) is 5.91 Å². The van der Waals surface area contributed by atoms with Crippen molar-refractivity contribution in [2.75, 3.05) is 6.54 Å². The molecule has 0 saturated heterocycles. The average Bonchev–Trinajstić information content (AvgIpc) is 2.38. The molecule has 1 N–H and O–H groups in total. The molecule has 82 valence electrons. The standard InChI is InChI=1S/C13H14N2O/c16-13(12-6-8-14-9-7-12)15-10-11-4-2-1-3-5-11/h1-2,4,6-9H,3,5,10H2,(H,15,16). The van der Waals surface area contributed by atoms with Crippen molar-refractivity contribution in [3.8, 4) is 0 Å². The van der Waals surface area contributed by atoms with E-state index in [0.717, 1.165) is 12.8 Å². The molecule has 0 aromatic carbocycles. The molecular formula is C13H14N2O. The zero-order valence-corrected chi connectivity index (χ0v) is 9.02. The molecule has 3 nitrogen and oxygen atoms in total. The summed E-state index contributed by atoms with van der Waals surface area (Å²) in [5.74, 6) is -0.0437. The van der Waals surface area contributed by atoms with E-state index in [1.54, 1.807) is 24.5 Å². The highest BCUT2D eigenvalue weighted by molar-refractivity contribution is 5.94. The van der Waals surface area contributed by atoms with Gasteiger partial charge in [-0.2, -0.15) is 0 Å². The fraction of sp³-hybridized carbons (Fsp3) is 0.231. The Morgan fingerprint density at radius 3 is 2.88 bits per heavy atom. The number of nitrogens with zero attached hydrogens (tertiary/aromatic N) is 1. The first-order valence-corrected chi connectivity index (χ1v) is 5.39. The van der Waals surface area contributed by atoms with Crippen molar-refractivity contribution in [1.82, 2.24) is 10.3 Å². The number of carbonyl (C=O) groups is 1. The molecule has 3 heteroatoms. The van der Waals surface area contributed by atoms with Crippen molar-refractivity contribution in [1.29, 1.82) is 0 Å². The molecular weight excluding hydrogens is 200 g/mol. The third-order valence-corrected chi connectivity index (χ3v) is 2.52. The predicted molar refractivity (Wildman–Crippen MR) is 63.0 cm³/mol. The second-order valence-corrected chi connectivity index (χ2v) is 3.71. The Hall–Kier alpha value is -1.90. The quantitative estimate of drug-likeness (QED) is 0.837. The van der Waals surface area contributed by atoms with Crippen LogP contribution in [0.1, 0.15) is 23.2 Å². The number of hydrogen-bond donors (Lipinski definition) is 1. The minimum absolute atomic E-state index is 0.0437. The second kappa shape index (κ2) is 5.26. The molecule has 1 aliphatic rings. The smallest absolute Gasteiger partial charge is 0.251 e. The van der Waals surface area contributed by atoms with Crippen molar-refractivity contribution < 1.29 is 4.79 Å². The summed E-state index contributed by atoms with van der Waals surface area (Å²) >= 11 is 0. The molecule has 1 heterocycles. The van der Waals surface area contributed by atoms with E-state index in [9.17, 15) is 4.79 Å². The third-order valence-electron chi connectivity index (χ3n) is 2.52. The number of allylic oxidation sites excluding steroid dienone is 3. The lowest BCUT2D eigenvalue weighted by molar-refractivity contribution is 0.0956. The molecule has 0 saturated carbocycles. The van der Waals surface area contributed by atoms with Gasteiger partial charge in [0.05, 0.1) is 0 Å². The second-order valence-electron chi connectivity index (χ2n) is 3.71. The first-order chi connectivity index (χ1) is 7.86. The maximum atomic E-state index is 11.7. The number of hydrogen-bond acceptors (Lipinski definition) is 2. The van der Waals surface area contributed by atoms with Gasteiger partial charge in [-0.1, -0.05) is 23.8 Å². The zero-order valence-electron chi connectivity index (χ0n) is 9.02. The molecule has 0 unspecified atom stereocenters. The Bertz CT molecular complexity index is 421. The fourth-order valence-electron chi connectivity index (χ4n) is 1.60. The highest BCUT2D eigenvalue weighted by Crippen LogP contribution is 2.10. The van der Waals surface area contributed by atoms with Crippen molar-refractivity contribution in [3.05, 3.63) is 53.9 Å². The Morgan fingerprint density at radius 1 is 1.38 bits per heavy atom. The van der Waals surface area contributed by atoms with Crippen LogP contribution < -0.4 is 5.32 Å². The normalized spacial score (nSPS) is 14.4. The number of aromatic nitrogens is 1. The van der Waals surface area contributed by atoms with Gasteiger partial charge >= 0.3 is 0 Å². The number of nitrogens with one attached hydrogen (secondary N) is 1. The van der Waals surface area contributed by atoms with Crippen LogP contribution in [0.2, 0.25) is 0 Å². The van der Waals surface area contributed by atoms with Gasteiger partial charge in [0.1, 0.15) is 0 Å². The van der Waals surface area contributed by atoms with Crippen LogP contribution in [-0.4, -0.2) is 17.4 Å². The van der Waals surface area contributed by atoms with Gasteiger partial charge < -0.3 is 5.32 Å². The number of carbonyl (C=O) groups excluding carboxylic acids is 1. The van der Waals surface area contributed by atoms with Crippen LogP contribution >= 0.6 is 0 Å². The summed E-state index contributed by atoms with van der Waals surface area (Å²) in [4.78, 5) is 15.6. The summed E-state index contributed by atoms with van der Waals surface area (Å²) in [5, 5.41) is 2.90. The lowest BCUT2D eigenvalue weighted by Gasteiger charge is -2.10. The van der Waals surface area contributed by atoms with E-state index < -0.39 is 0 Å². The molecule has 0 bridgehead atoms. The van der Waals surface area contributed by atoms with Gasteiger partial charge in [-0.05, 0) is 25.0 Å². The average molecular weight is 214 g/mol. The molecule has 0 fully saturated rings. The molecule has 2 rings (SSSR count). The minimum Gasteiger partial charge on any atom is -0.348 e. The van der Waals surface area contributed by atoms with Gasteiger partial charge in [0.25, 0.3) is 5.91 Å². The van der Waals surface area contributed by atoms with Crippen molar-refractivity contribution in [2.24, 2.45) is 0 Å². The van der Waals surface area contributed by atoms with E-state index in [1.165, 1.54) is 5.57 Å². The molecule has 16 heavy (non-hydrogen) atoms. The van der Waals surface area contributed by atoms with Gasteiger partial charge in [-0.3, -0.25) is 9.78 Å². The van der Waals surface area contributed by atoms with Gasteiger partial charge in [-0.15, -0.1) is 0 Å². The van der Waals surface area contributed by atoms with Crippen LogP contribution in [0.4, 0.5) is 0 Å². The molecule has 0 radical (unpaired) electrons. The SMILES string of the molecule is O=C(NCC1=CC=CCC1)c1ccncc1. The summed E-state index contributed by atoms with van der Waals surface area (Å²) in [5.41, 5.74) is 1.92. The first kappa shape index (κ1) is 10.6. The largest absolute Gasteiger partial charge is 0.348 e. The predicted octanol–water partition coefficient (Wildman–Crippen LogP) is 2.09. The molecule has 1 aromatic rings. The summed E-state index contributed by atoms with van der Waals surface area (Å²) in [7, 11) is 0. The monoisotopic (exact) mass is 214 g/mol. The Morgan fingerprint density at radius 2 is 2.19 bits per heavy atom. The van der Waals surface area contributed by atoms with E-state index >= 15 is 0 Å². The van der Waals surface area contributed by atoms with Crippen molar-refractivity contribution in [2.45, 2.75) is 12.8 Å². The van der Waals surface area contributed by atoms with Gasteiger partial charge in [-0.25, -0.2) is 0 Å². The van der Waals surface area contributed by atoms with Crippen LogP contribution in [0.3, 0.4) is 0 Å². The van der Waals surface area contributed by atoms with Gasteiger partial charge in [0.2, 0.25) is 0 Å². The maximum Gasteiger partial charge on any atom is 0.251 e. The minimum atomic E-state index is -0.0437. The highest BCUT2D eigenvalue weighted by Gasteiger charge is 2.05. The summed E-state index contributed by atoms with van der Waals surface area (Å²) in [6.45, 7) is 0.630. The number of pyridine rings is 1. The van der Waals surface area contributed by atoms with Crippen LogP contribution in [0.25, 0.3) is 0 Å². The van der Waals surface area contributed by atoms with Crippen molar-refractivity contribution >= 4 is 5.91 Å². The van der Waals surface area contributed by atoms with E-state index in [1.807, 2.05) is 6.08 Å². The Labute approximate surface area is 94.9 Å². The Kier molecular flexibility index (Phi) is 3.49. The molecule has 0 atom stereocenters.